The quantitative estimate of drug-likeness (QED) is 0.688. The van der Waals surface area contributed by atoms with Gasteiger partial charge in [0.1, 0.15) is 0 Å². The van der Waals surface area contributed by atoms with Crippen molar-refractivity contribution in [3.05, 3.63) is 0 Å². The average Bonchev–Trinajstić information content (AvgIpc) is 1.80. The van der Waals surface area contributed by atoms with Crippen molar-refractivity contribution in [1.82, 2.24) is 0 Å². The largest absolute Gasteiger partial charge is 0.481 e. The molecule has 0 fully saturated rings. The van der Waals surface area contributed by atoms with Crippen molar-refractivity contribution in [2.45, 2.75) is 37.2 Å². The van der Waals surface area contributed by atoms with Gasteiger partial charge in [0.05, 0.1) is 12.8 Å². The van der Waals surface area contributed by atoms with E-state index in [1.165, 1.54) is 11.8 Å². The molecule has 0 aliphatic carbocycles. The van der Waals surface area contributed by atoms with Gasteiger partial charge < -0.3 is 10.2 Å². The van der Waals surface area contributed by atoms with E-state index in [-0.39, 0.29) is 23.3 Å². The second-order valence-corrected chi connectivity index (χ2v) is 4.83. The van der Waals surface area contributed by atoms with E-state index in [1.807, 2.05) is 0 Å². The monoisotopic (exact) mass is 206 g/mol. The molecule has 0 rings (SSSR count). The van der Waals surface area contributed by atoms with Gasteiger partial charge in [-0.25, -0.2) is 0 Å². The maximum Gasteiger partial charge on any atom is 0.304 e. The Balaban J connectivity index is 3.70. The minimum absolute atomic E-state index is 0.0353. The summed E-state index contributed by atoms with van der Waals surface area (Å²) in [5, 5.41) is 16.8. The third-order valence-electron chi connectivity index (χ3n) is 1.39. The van der Waals surface area contributed by atoms with Crippen LogP contribution in [0.4, 0.5) is 0 Å². The van der Waals surface area contributed by atoms with Crippen LogP contribution in [0.15, 0.2) is 0 Å². The highest BCUT2D eigenvalue weighted by atomic mass is 32.2. The molecule has 0 heterocycles. The van der Waals surface area contributed by atoms with E-state index in [4.69, 9.17) is 10.2 Å². The zero-order chi connectivity index (χ0) is 10.4. The van der Waals surface area contributed by atoms with Crippen LogP contribution in [0.3, 0.4) is 0 Å². The van der Waals surface area contributed by atoms with Crippen molar-refractivity contribution in [1.29, 1.82) is 0 Å². The molecule has 0 spiro atoms. The van der Waals surface area contributed by atoms with Gasteiger partial charge in [-0.3, -0.25) is 9.59 Å². The molecule has 0 radical (unpaired) electrons. The summed E-state index contributed by atoms with van der Waals surface area (Å²) in [6.45, 7) is 3.58. The highest BCUT2D eigenvalue weighted by Crippen LogP contribution is 2.22. The lowest BCUT2D eigenvalue weighted by atomic mass is 10.3. The summed E-state index contributed by atoms with van der Waals surface area (Å²) in [7, 11) is 0. The van der Waals surface area contributed by atoms with Crippen LogP contribution >= 0.6 is 11.8 Å². The Labute approximate surface area is 81.3 Å². The van der Waals surface area contributed by atoms with Crippen LogP contribution in [0.5, 0.6) is 0 Å². The fraction of sp³-hybridized carbons (Fsp3) is 0.750. The first kappa shape index (κ1) is 12.3. The number of thioether (sulfide) groups is 1. The van der Waals surface area contributed by atoms with Crippen LogP contribution < -0.4 is 0 Å². The molecule has 2 N–H and O–H groups in total. The molecular weight excluding hydrogens is 192 g/mol. The van der Waals surface area contributed by atoms with Crippen LogP contribution in [-0.2, 0) is 9.59 Å². The lowest BCUT2D eigenvalue weighted by Gasteiger charge is -2.13. The van der Waals surface area contributed by atoms with Gasteiger partial charge in [0.2, 0.25) is 0 Å². The zero-order valence-electron chi connectivity index (χ0n) is 7.69. The first-order valence-corrected chi connectivity index (χ1v) is 4.95. The highest BCUT2D eigenvalue weighted by Gasteiger charge is 2.14. The summed E-state index contributed by atoms with van der Waals surface area (Å²) in [5.41, 5.74) is 0. The normalized spacial score (nSPS) is 14.9. The third kappa shape index (κ3) is 7.64. The molecule has 0 aliphatic heterocycles. The van der Waals surface area contributed by atoms with Gasteiger partial charge in [-0.05, 0) is 0 Å². The van der Waals surface area contributed by atoms with E-state index in [2.05, 4.69) is 0 Å². The maximum absolute atomic E-state index is 10.3. The van der Waals surface area contributed by atoms with Gasteiger partial charge in [-0.1, -0.05) is 13.8 Å². The molecule has 2 atom stereocenters. The van der Waals surface area contributed by atoms with Crippen LogP contribution in [0.2, 0.25) is 0 Å². The Morgan fingerprint density at radius 3 is 1.62 bits per heavy atom. The number of carbonyl (C=O) groups is 2. The molecule has 76 valence electrons. The summed E-state index contributed by atoms with van der Waals surface area (Å²) >= 11 is 1.39. The zero-order valence-corrected chi connectivity index (χ0v) is 8.50. The van der Waals surface area contributed by atoms with Crippen molar-refractivity contribution in [3.63, 3.8) is 0 Å². The van der Waals surface area contributed by atoms with Gasteiger partial charge in [0.25, 0.3) is 0 Å². The Morgan fingerprint density at radius 2 is 1.38 bits per heavy atom. The molecule has 0 aromatic rings. The van der Waals surface area contributed by atoms with Crippen LogP contribution in [-0.4, -0.2) is 32.7 Å². The average molecular weight is 206 g/mol. The topological polar surface area (TPSA) is 74.6 Å². The van der Waals surface area contributed by atoms with E-state index < -0.39 is 11.9 Å². The van der Waals surface area contributed by atoms with E-state index in [1.54, 1.807) is 13.8 Å². The van der Waals surface area contributed by atoms with Gasteiger partial charge in [0, 0.05) is 10.5 Å². The first-order chi connectivity index (χ1) is 5.91. The summed E-state index contributed by atoms with van der Waals surface area (Å²) in [6, 6.07) is 0. The Morgan fingerprint density at radius 1 is 1.08 bits per heavy atom. The standard InChI is InChI=1S/C8H14O4S/c1-5(3-7(9)10)13-6(2)4-8(11)12/h5-6H,3-4H2,1-2H3,(H,9,10)(H,11,12)/t5-,6-/m0/s1. The smallest absolute Gasteiger partial charge is 0.304 e. The fourth-order valence-corrected chi connectivity index (χ4v) is 2.26. The minimum Gasteiger partial charge on any atom is -0.481 e. The SMILES string of the molecule is C[C@@H](CC(=O)O)S[C@@H](C)CC(=O)O. The Kier molecular flexibility index (Phi) is 5.53. The minimum atomic E-state index is -0.845. The van der Waals surface area contributed by atoms with Crippen LogP contribution in [0, 0.1) is 0 Å². The summed E-state index contributed by atoms with van der Waals surface area (Å²) in [6.07, 6.45) is 0.156. The first-order valence-electron chi connectivity index (χ1n) is 4.01. The van der Waals surface area contributed by atoms with Gasteiger partial charge in [0.15, 0.2) is 0 Å². The molecule has 0 aliphatic rings. The predicted octanol–water partition coefficient (Wildman–Crippen LogP) is 1.45. The molecule has 0 amide bonds. The molecule has 0 saturated heterocycles. The van der Waals surface area contributed by atoms with Crippen molar-refractivity contribution in [3.8, 4) is 0 Å². The van der Waals surface area contributed by atoms with Crippen molar-refractivity contribution in [2.24, 2.45) is 0 Å². The lowest BCUT2D eigenvalue weighted by Crippen LogP contribution is -2.12. The van der Waals surface area contributed by atoms with E-state index in [0.717, 1.165) is 0 Å². The van der Waals surface area contributed by atoms with E-state index >= 15 is 0 Å². The number of hydrogen-bond acceptors (Lipinski definition) is 3. The highest BCUT2D eigenvalue weighted by molar-refractivity contribution is 8.00. The summed E-state index contributed by atoms with van der Waals surface area (Å²) < 4.78 is 0. The number of hydrogen-bond donors (Lipinski definition) is 2. The molecule has 5 heteroatoms. The van der Waals surface area contributed by atoms with Crippen molar-refractivity contribution >= 4 is 23.7 Å². The molecule has 4 nitrogen and oxygen atoms in total. The molecule has 0 bridgehead atoms. The van der Waals surface area contributed by atoms with Gasteiger partial charge >= 0.3 is 11.9 Å². The summed E-state index contributed by atoms with van der Waals surface area (Å²) in [4.78, 5) is 20.6. The molecule has 13 heavy (non-hydrogen) atoms. The molecule has 0 aromatic carbocycles. The summed E-state index contributed by atoms with van der Waals surface area (Å²) in [5.74, 6) is -1.69. The third-order valence-corrected chi connectivity index (χ3v) is 2.65. The Hall–Kier alpha value is -0.710. The predicted molar refractivity (Wildman–Crippen MR) is 51.0 cm³/mol. The Bertz CT molecular complexity index is 173. The number of rotatable bonds is 6. The molecule has 0 unspecified atom stereocenters. The van der Waals surface area contributed by atoms with E-state index in [0.29, 0.717) is 0 Å². The maximum atomic E-state index is 10.3. The molecule has 0 aromatic heterocycles. The van der Waals surface area contributed by atoms with Crippen molar-refractivity contribution < 1.29 is 19.8 Å². The second kappa shape index (κ2) is 5.85. The molecular formula is C8H14O4S. The van der Waals surface area contributed by atoms with Crippen molar-refractivity contribution in [2.75, 3.05) is 0 Å². The number of carboxylic acids is 2. The lowest BCUT2D eigenvalue weighted by molar-refractivity contribution is -0.137. The second-order valence-electron chi connectivity index (χ2n) is 2.95. The fourth-order valence-electron chi connectivity index (χ4n) is 0.985. The van der Waals surface area contributed by atoms with Crippen LogP contribution in [0.1, 0.15) is 26.7 Å². The number of aliphatic carboxylic acids is 2. The number of carboxylic acid groups (broad SMARTS) is 2. The van der Waals surface area contributed by atoms with Gasteiger partial charge in [-0.2, -0.15) is 11.8 Å². The molecule has 0 saturated carbocycles. The van der Waals surface area contributed by atoms with Crippen LogP contribution in [0.25, 0.3) is 0 Å². The van der Waals surface area contributed by atoms with E-state index in [9.17, 15) is 9.59 Å². The van der Waals surface area contributed by atoms with Gasteiger partial charge in [-0.15, -0.1) is 0 Å².